The maximum absolute atomic E-state index is 11.1. The van der Waals surface area contributed by atoms with E-state index < -0.39 is 10.8 Å². The van der Waals surface area contributed by atoms with Gasteiger partial charge in [0, 0.05) is 11.5 Å². The van der Waals surface area contributed by atoms with E-state index >= 15 is 0 Å². The van der Waals surface area contributed by atoms with Gasteiger partial charge in [0.1, 0.15) is 5.75 Å². The zero-order valence-corrected chi connectivity index (χ0v) is 10.6. The minimum Gasteiger partial charge on any atom is -0.506 e. The molecule has 6 heteroatoms. The van der Waals surface area contributed by atoms with E-state index in [1.165, 1.54) is 18.2 Å². The van der Waals surface area contributed by atoms with Crippen LogP contribution in [0.25, 0.3) is 5.03 Å². The number of phenols is 1. The molecule has 0 amide bonds. The van der Waals surface area contributed by atoms with Crippen LogP contribution in [-0.2, 0) is 11.2 Å². The molecule has 0 aliphatic heterocycles. The van der Waals surface area contributed by atoms with Crippen LogP contribution in [0.2, 0.25) is 5.02 Å². The maximum atomic E-state index is 11.1. The summed E-state index contributed by atoms with van der Waals surface area (Å²) in [5, 5.41) is 18.8. The second kappa shape index (κ2) is 4.09. The third kappa shape index (κ3) is 2.10. The van der Waals surface area contributed by atoms with Crippen LogP contribution in [0, 0.1) is 0 Å². The molecule has 1 unspecified atom stereocenters. The highest BCUT2D eigenvalue weighted by Gasteiger charge is 2.38. The minimum absolute atomic E-state index is 0.0649. The smallest absolute Gasteiger partial charge is 0.329 e. The average molecular weight is 294 g/mol. The van der Waals surface area contributed by atoms with Crippen LogP contribution >= 0.6 is 34.8 Å². The van der Waals surface area contributed by atoms with Crippen LogP contribution in [0.3, 0.4) is 0 Å². The fourth-order valence-corrected chi connectivity index (χ4v) is 2.57. The van der Waals surface area contributed by atoms with Crippen molar-refractivity contribution in [3.8, 4) is 5.75 Å². The number of hydrogen-bond acceptors (Lipinski definition) is 2. The SMILES string of the molecule is O=C(O)C1(Cl)C=C(Cl)c2cc(O)c(Cl)cc2C1. The standard InChI is InChI=1S/C11H7Cl3O3/c12-7-1-5-3-11(14,10(16)17)4-8(13)6(5)2-9(7)15/h1-2,4,15H,3H2,(H,16,17). The Labute approximate surface area is 112 Å². The number of aromatic hydroxyl groups is 1. The minimum atomic E-state index is -1.57. The fraction of sp³-hybridized carbons (Fsp3) is 0.182. The average Bonchev–Trinajstić information content (AvgIpc) is 2.21. The van der Waals surface area contributed by atoms with Crippen LogP contribution in [0.15, 0.2) is 18.2 Å². The van der Waals surface area contributed by atoms with Crippen molar-refractivity contribution >= 4 is 45.8 Å². The number of carboxylic acids is 1. The van der Waals surface area contributed by atoms with E-state index in [0.717, 1.165) is 0 Å². The molecule has 0 bridgehead atoms. The van der Waals surface area contributed by atoms with Gasteiger partial charge in [-0.2, -0.15) is 0 Å². The van der Waals surface area contributed by atoms with Crippen LogP contribution in [0.1, 0.15) is 11.1 Å². The molecule has 90 valence electrons. The normalized spacial score (nSPS) is 22.9. The molecular weight excluding hydrogens is 286 g/mol. The Balaban J connectivity index is 2.59. The molecule has 0 fully saturated rings. The van der Waals surface area contributed by atoms with Gasteiger partial charge in [-0.25, -0.2) is 4.79 Å². The third-order valence-corrected chi connectivity index (χ3v) is 3.61. The van der Waals surface area contributed by atoms with Gasteiger partial charge < -0.3 is 10.2 Å². The summed E-state index contributed by atoms with van der Waals surface area (Å²) in [6, 6.07) is 2.87. The van der Waals surface area contributed by atoms with Gasteiger partial charge >= 0.3 is 5.97 Å². The molecule has 2 N–H and O–H groups in total. The number of rotatable bonds is 1. The lowest BCUT2D eigenvalue weighted by molar-refractivity contribution is -0.138. The van der Waals surface area contributed by atoms with Gasteiger partial charge in [0.2, 0.25) is 0 Å². The number of carboxylic acid groups (broad SMARTS) is 1. The summed E-state index contributed by atoms with van der Waals surface area (Å²) in [5.41, 5.74) is 1.14. The van der Waals surface area contributed by atoms with E-state index in [9.17, 15) is 9.90 Å². The van der Waals surface area contributed by atoms with Crippen molar-refractivity contribution in [1.29, 1.82) is 0 Å². The van der Waals surface area contributed by atoms with Gasteiger partial charge in [-0.05, 0) is 29.3 Å². The zero-order chi connectivity index (χ0) is 12.8. The van der Waals surface area contributed by atoms with Gasteiger partial charge in [0.15, 0.2) is 4.87 Å². The second-order valence-electron chi connectivity index (χ2n) is 3.80. The summed E-state index contributed by atoms with van der Waals surface area (Å²) in [6.07, 6.45) is 1.32. The van der Waals surface area contributed by atoms with E-state index in [1.54, 1.807) is 0 Å². The zero-order valence-electron chi connectivity index (χ0n) is 8.38. The number of hydrogen-bond donors (Lipinski definition) is 2. The molecule has 1 aliphatic rings. The molecule has 0 aromatic heterocycles. The molecule has 1 aromatic carbocycles. The first kappa shape index (κ1) is 12.6. The van der Waals surface area contributed by atoms with Crippen molar-refractivity contribution in [2.75, 3.05) is 0 Å². The Hall–Kier alpha value is -0.900. The number of fused-ring (bicyclic) bond motifs is 1. The van der Waals surface area contributed by atoms with Gasteiger partial charge in [-0.1, -0.05) is 23.2 Å². The first-order chi connectivity index (χ1) is 7.83. The van der Waals surface area contributed by atoms with E-state index in [-0.39, 0.29) is 22.2 Å². The summed E-state index contributed by atoms with van der Waals surface area (Å²) in [4.78, 5) is 9.50. The molecule has 1 aromatic rings. The molecule has 0 saturated heterocycles. The molecule has 0 radical (unpaired) electrons. The molecule has 0 spiro atoms. The molecular formula is C11H7Cl3O3. The predicted octanol–water partition coefficient (Wildman–Crippen LogP) is 3.24. The Morgan fingerprint density at radius 2 is 2.00 bits per heavy atom. The highest BCUT2D eigenvalue weighted by Crippen LogP contribution is 2.41. The summed E-state index contributed by atoms with van der Waals surface area (Å²) < 4.78 is 0. The first-order valence-electron chi connectivity index (χ1n) is 4.66. The molecule has 3 nitrogen and oxygen atoms in total. The van der Waals surface area contributed by atoms with Crippen LogP contribution < -0.4 is 0 Å². The molecule has 17 heavy (non-hydrogen) atoms. The van der Waals surface area contributed by atoms with Crippen LogP contribution in [-0.4, -0.2) is 21.1 Å². The van der Waals surface area contributed by atoms with Crippen molar-refractivity contribution in [2.24, 2.45) is 0 Å². The van der Waals surface area contributed by atoms with Gasteiger partial charge in [0.05, 0.1) is 5.02 Å². The molecule has 0 heterocycles. The quantitative estimate of drug-likeness (QED) is 0.782. The van der Waals surface area contributed by atoms with Gasteiger partial charge in [-0.15, -0.1) is 11.6 Å². The number of halogens is 3. The highest BCUT2D eigenvalue weighted by atomic mass is 35.5. The molecule has 1 aliphatic carbocycles. The first-order valence-corrected chi connectivity index (χ1v) is 5.79. The highest BCUT2D eigenvalue weighted by molar-refractivity contribution is 6.51. The fourth-order valence-electron chi connectivity index (χ4n) is 1.72. The predicted molar refractivity (Wildman–Crippen MR) is 66.9 cm³/mol. The second-order valence-corrected chi connectivity index (χ2v) is 5.29. The summed E-state index contributed by atoms with van der Waals surface area (Å²) in [6.45, 7) is 0. The van der Waals surface area contributed by atoms with E-state index in [2.05, 4.69) is 0 Å². The summed E-state index contributed by atoms with van der Waals surface area (Å²) in [7, 11) is 0. The Bertz CT molecular complexity index is 539. The number of phenolic OH excluding ortho intramolecular Hbond substituents is 1. The largest absolute Gasteiger partial charge is 0.506 e. The van der Waals surface area contributed by atoms with E-state index in [1.807, 2.05) is 0 Å². The van der Waals surface area contributed by atoms with Crippen LogP contribution in [0.4, 0.5) is 0 Å². The summed E-state index contributed by atoms with van der Waals surface area (Å²) in [5.74, 6) is -1.28. The number of aliphatic carboxylic acids is 1. The van der Waals surface area contributed by atoms with Gasteiger partial charge in [0.25, 0.3) is 0 Å². The van der Waals surface area contributed by atoms with Crippen molar-refractivity contribution in [3.05, 3.63) is 34.4 Å². The van der Waals surface area contributed by atoms with Crippen molar-refractivity contribution in [3.63, 3.8) is 0 Å². The topological polar surface area (TPSA) is 57.5 Å². The monoisotopic (exact) mass is 292 g/mol. The Kier molecular flexibility index (Phi) is 3.02. The molecule has 1 atom stereocenters. The van der Waals surface area contributed by atoms with Gasteiger partial charge in [-0.3, -0.25) is 0 Å². The lowest BCUT2D eigenvalue weighted by Crippen LogP contribution is -2.35. The number of benzene rings is 1. The maximum Gasteiger partial charge on any atom is 0.329 e. The van der Waals surface area contributed by atoms with Crippen molar-refractivity contribution in [1.82, 2.24) is 0 Å². The number of carbonyl (C=O) groups is 1. The van der Waals surface area contributed by atoms with Crippen molar-refractivity contribution < 1.29 is 15.0 Å². The third-order valence-electron chi connectivity index (χ3n) is 2.59. The lowest BCUT2D eigenvalue weighted by Gasteiger charge is -2.25. The Morgan fingerprint density at radius 1 is 1.35 bits per heavy atom. The van der Waals surface area contributed by atoms with Crippen LogP contribution in [0.5, 0.6) is 5.75 Å². The lowest BCUT2D eigenvalue weighted by atomic mass is 9.88. The van der Waals surface area contributed by atoms with Crippen molar-refractivity contribution in [2.45, 2.75) is 11.3 Å². The molecule has 2 rings (SSSR count). The van der Waals surface area contributed by atoms with E-state index in [4.69, 9.17) is 39.9 Å². The molecule has 0 saturated carbocycles. The summed E-state index contributed by atoms with van der Waals surface area (Å²) >= 11 is 17.7. The van der Waals surface area contributed by atoms with E-state index in [0.29, 0.717) is 11.1 Å². The number of alkyl halides is 1. The Morgan fingerprint density at radius 3 is 2.59 bits per heavy atom.